The van der Waals surface area contributed by atoms with Crippen molar-refractivity contribution in [1.29, 1.82) is 0 Å². The molecule has 1 spiro atoms. The summed E-state index contributed by atoms with van der Waals surface area (Å²) < 4.78 is 7.38. The Hall–Kier alpha value is -2.18. The smallest absolute Gasteiger partial charge is 0.276 e. The van der Waals surface area contributed by atoms with E-state index in [0.29, 0.717) is 22.8 Å². The van der Waals surface area contributed by atoms with Crippen LogP contribution in [-0.2, 0) is 13.0 Å². The van der Waals surface area contributed by atoms with E-state index in [1.54, 1.807) is 6.07 Å². The number of hydrogen-bond acceptors (Lipinski definition) is 5. The Morgan fingerprint density at radius 3 is 2.54 bits per heavy atom. The molecular formula is C19H27N5O2. The Bertz CT molecular complexity index is 799. The summed E-state index contributed by atoms with van der Waals surface area (Å²) in [5, 5.41) is 12.7. The number of piperidine rings is 1. The molecule has 0 aromatic carbocycles. The maximum atomic E-state index is 12.6. The quantitative estimate of drug-likeness (QED) is 0.826. The second kappa shape index (κ2) is 6.52. The van der Waals surface area contributed by atoms with E-state index in [0.717, 1.165) is 63.4 Å². The summed E-state index contributed by atoms with van der Waals surface area (Å²) in [7, 11) is 0. The Morgan fingerprint density at radius 1 is 1.15 bits per heavy atom. The van der Waals surface area contributed by atoms with E-state index in [4.69, 9.17) is 4.52 Å². The highest BCUT2D eigenvalue weighted by molar-refractivity contribution is 5.92. The van der Waals surface area contributed by atoms with Gasteiger partial charge in [0.1, 0.15) is 17.4 Å². The van der Waals surface area contributed by atoms with E-state index in [1.165, 1.54) is 0 Å². The molecule has 0 bridgehead atoms. The Balaban J connectivity index is 1.42. The normalized spacial score (nSPS) is 19.6. The van der Waals surface area contributed by atoms with Crippen LogP contribution in [0.3, 0.4) is 0 Å². The lowest BCUT2D eigenvalue weighted by Crippen LogP contribution is -2.43. The predicted molar refractivity (Wildman–Crippen MR) is 95.9 cm³/mol. The number of likely N-dealkylation sites (tertiary alicyclic amines) is 1. The van der Waals surface area contributed by atoms with E-state index in [1.807, 2.05) is 11.8 Å². The van der Waals surface area contributed by atoms with Crippen molar-refractivity contribution in [2.75, 3.05) is 13.1 Å². The van der Waals surface area contributed by atoms with Gasteiger partial charge in [0.2, 0.25) is 0 Å². The third kappa shape index (κ3) is 3.04. The first-order valence-electron chi connectivity index (χ1n) is 9.62. The molecule has 0 aliphatic carbocycles. The topological polar surface area (TPSA) is 77.1 Å². The molecule has 4 heterocycles. The van der Waals surface area contributed by atoms with Crippen molar-refractivity contribution in [2.45, 2.75) is 65.3 Å². The van der Waals surface area contributed by atoms with Crippen LogP contribution >= 0.6 is 0 Å². The zero-order valence-corrected chi connectivity index (χ0v) is 15.9. The minimum absolute atomic E-state index is 0.00968. The van der Waals surface area contributed by atoms with E-state index >= 15 is 0 Å². The zero-order chi connectivity index (χ0) is 18.3. The molecule has 1 saturated heterocycles. The van der Waals surface area contributed by atoms with Gasteiger partial charge in [-0.2, -0.15) is 0 Å². The van der Waals surface area contributed by atoms with Crippen LogP contribution < -0.4 is 0 Å². The highest BCUT2D eigenvalue weighted by atomic mass is 16.5. The fourth-order valence-electron chi connectivity index (χ4n) is 4.37. The Labute approximate surface area is 153 Å². The molecule has 2 aliphatic rings. The third-order valence-corrected chi connectivity index (χ3v) is 6.08. The highest BCUT2D eigenvalue weighted by Crippen LogP contribution is 2.42. The summed E-state index contributed by atoms with van der Waals surface area (Å²) in [5.41, 5.74) is 0.734. The number of amides is 1. The molecule has 2 aromatic rings. The summed E-state index contributed by atoms with van der Waals surface area (Å²) in [6.07, 6.45) is 5.35. The van der Waals surface area contributed by atoms with Crippen LogP contribution in [0.5, 0.6) is 0 Å². The van der Waals surface area contributed by atoms with E-state index in [-0.39, 0.29) is 5.91 Å². The van der Waals surface area contributed by atoms with Gasteiger partial charge in [0.05, 0.1) is 0 Å². The summed E-state index contributed by atoms with van der Waals surface area (Å²) in [5.74, 6) is 3.29. The van der Waals surface area contributed by atoms with Crippen LogP contribution in [0.1, 0.15) is 73.3 Å². The van der Waals surface area contributed by atoms with Gasteiger partial charge in [-0.15, -0.1) is 10.2 Å². The van der Waals surface area contributed by atoms with Crippen molar-refractivity contribution in [1.82, 2.24) is 24.8 Å². The second-order valence-electron chi connectivity index (χ2n) is 8.15. The van der Waals surface area contributed by atoms with Crippen molar-refractivity contribution in [3.8, 4) is 0 Å². The standard InChI is InChI=1S/C19H27N5O2/c1-13(2)17-21-20-16-4-5-19(8-11-24(16)17)6-9-23(10-7-19)18(25)15-12-14(3)26-22-15/h12-13H,4-11H2,1-3H3. The molecule has 2 aliphatic heterocycles. The molecule has 2 aromatic heterocycles. The van der Waals surface area contributed by atoms with Gasteiger partial charge >= 0.3 is 0 Å². The number of aryl methyl sites for hydroxylation is 2. The number of nitrogens with zero attached hydrogens (tertiary/aromatic N) is 5. The van der Waals surface area contributed by atoms with Crippen LogP contribution in [0.15, 0.2) is 10.6 Å². The number of hydrogen-bond donors (Lipinski definition) is 0. The van der Waals surface area contributed by atoms with Crippen molar-refractivity contribution < 1.29 is 9.32 Å². The molecule has 1 amide bonds. The monoisotopic (exact) mass is 357 g/mol. The van der Waals surface area contributed by atoms with Crippen molar-refractivity contribution in [3.63, 3.8) is 0 Å². The van der Waals surface area contributed by atoms with Crippen LogP contribution in [-0.4, -0.2) is 43.8 Å². The zero-order valence-electron chi connectivity index (χ0n) is 15.9. The average molecular weight is 357 g/mol. The predicted octanol–water partition coefficient (Wildman–Crippen LogP) is 2.96. The van der Waals surface area contributed by atoms with Gasteiger partial charge in [0.15, 0.2) is 5.69 Å². The van der Waals surface area contributed by atoms with Gasteiger partial charge in [-0.3, -0.25) is 4.79 Å². The van der Waals surface area contributed by atoms with Gasteiger partial charge in [0.25, 0.3) is 5.91 Å². The maximum absolute atomic E-state index is 12.6. The number of aromatic nitrogens is 4. The minimum Gasteiger partial charge on any atom is -0.361 e. The highest BCUT2D eigenvalue weighted by Gasteiger charge is 2.38. The fraction of sp³-hybridized carbons (Fsp3) is 0.684. The lowest BCUT2D eigenvalue weighted by atomic mass is 9.72. The average Bonchev–Trinajstić information content (AvgIpc) is 3.21. The molecule has 0 atom stereocenters. The first-order valence-corrected chi connectivity index (χ1v) is 9.62. The van der Waals surface area contributed by atoms with E-state index in [2.05, 4.69) is 33.8 Å². The molecule has 0 saturated carbocycles. The summed E-state index contributed by atoms with van der Waals surface area (Å²) in [6, 6.07) is 1.72. The molecule has 4 rings (SSSR count). The molecule has 26 heavy (non-hydrogen) atoms. The van der Waals surface area contributed by atoms with Crippen molar-refractivity contribution in [2.24, 2.45) is 5.41 Å². The van der Waals surface area contributed by atoms with Crippen LogP contribution in [0.4, 0.5) is 0 Å². The minimum atomic E-state index is -0.00968. The van der Waals surface area contributed by atoms with Gasteiger partial charge in [0, 0.05) is 38.0 Å². The fourth-order valence-corrected chi connectivity index (χ4v) is 4.37. The van der Waals surface area contributed by atoms with E-state index < -0.39 is 0 Å². The SMILES string of the molecule is Cc1cc(C(=O)N2CCC3(CCc4nnc(C(C)C)n4CC3)CC2)no1. The Morgan fingerprint density at radius 2 is 1.88 bits per heavy atom. The second-order valence-corrected chi connectivity index (χ2v) is 8.15. The first kappa shape index (κ1) is 17.2. The molecule has 0 N–H and O–H groups in total. The van der Waals surface area contributed by atoms with Crippen LogP contribution in [0, 0.1) is 12.3 Å². The Kier molecular flexibility index (Phi) is 4.32. The van der Waals surface area contributed by atoms with Gasteiger partial charge < -0.3 is 14.0 Å². The van der Waals surface area contributed by atoms with Gasteiger partial charge in [-0.05, 0) is 38.0 Å². The lowest BCUT2D eigenvalue weighted by molar-refractivity contribution is 0.0526. The lowest BCUT2D eigenvalue weighted by Gasteiger charge is -2.41. The molecular weight excluding hydrogens is 330 g/mol. The first-order chi connectivity index (χ1) is 12.5. The van der Waals surface area contributed by atoms with Gasteiger partial charge in [-0.25, -0.2) is 0 Å². The van der Waals surface area contributed by atoms with Crippen LogP contribution in [0.25, 0.3) is 0 Å². The number of fused-ring (bicyclic) bond motifs is 1. The summed E-state index contributed by atoms with van der Waals surface area (Å²) in [4.78, 5) is 14.5. The van der Waals surface area contributed by atoms with E-state index in [9.17, 15) is 4.79 Å². The van der Waals surface area contributed by atoms with Crippen molar-refractivity contribution in [3.05, 3.63) is 29.2 Å². The number of carbonyl (C=O) groups excluding carboxylic acids is 1. The molecule has 0 radical (unpaired) electrons. The third-order valence-electron chi connectivity index (χ3n) is 6.08. The summed E-state index contributed by atoms with van der Waals surface area (Å²) in [6.45, 7) is 8.74. The molecule has 140 valence electrons. The molecule has 1 fully saturated rings. The number of rotatable bonds is 2. The summed E-state index contributed by atoms with van der Waals surface area (Å²) >= 11 is 0. The molecule has 7 heteroatoms. The van der Waals surface area contributed by atoms with Crippen LogP contribution in [0.2, 0.25) is 0 Å². The molecule has 7 nitrogen and oxygen atoms in total. The number of carbonyl (C=O) groups is 1. The molecule has 0 unspecified atom stereocenters. The maximum Gasteiger partial charge on any atom is 0.276 e. The van der Waals surface area contributed by atoms with Crippen molar-refractivity contribution >= 4 is 5.91 Å². The largest absolute Gasteiger partial charge is 0.361 e. The van der Waals surface area contributed by atoms with Gasteiger partial charge in [-0.1, -0.05) is 19.0 Å².